The average Bonchev–Trinajstić information content (AvgIpc) is 3.81. The van der Waals surface area contributed by atoms with Crippen molar-refractivity contribution in [3.63, 3.8) is 0 Å². The Morgan fingerprint density at radius 2 is 1.66 bits per heavy atom. The number of aliphatic hydroxyl groups is 2. The molecule has 1 aromatic rings. The van der Waals surface area contributed by atoms with Crippen LogP contribution >= 0.6 is 7.82 Å². The molecule has 0 aromatic heterocycles. The molecule has 1 aromatic carbocycles. The summed E-state index contributed by atoms with van der Waals surface area (Å²) in [5.41, 5.74) is 5.28. The van der Waals surface area contributed by atoms with E-state index >= 15 is 0 Å². The Balaban J connectivity index is 0.892. The predicted octanol–water partition coefficient (Wildman–Crippen LogP) is 11.8. The van der Waals surface area contributed by atoms with E-state index in [9.17, 15) is 29.5 Å². The van der Waals surface area contributed by atoms with Crippen LogP contribution in [0, 0.1) is 63.6 Å². The lowest BCUT2D eigenvalue weighted by Crippen LogP contribution is -2.62. The number of anilines is 1. The number of carboxylic acids is 1. The third-order valence-corrected chi connectivity index (χ3v) is 22.5. The maximum absolute atomic E-state index is 14.4. The molecule has 0 bridgehead atoms. The van der Waals surface area contributed by atoms with Crippen LogP contribution in [0.2, 0.25) is 0 Å². The number of ether oxygens (including phenoxy) is 1. The Morgan fingerprint density at radius 1 is 0.929 bits per heavy atom. The van der Waals surface area contributed by atoms with E-state index in [0.717, 1.165) is 82.9 Å². The van der Waals surface area contributed by atoms with Gasteiger partial charge in [-0.05, 0) is 190 Å². The van der Waals surface area contributed by atoms with Crippen molar-refractivity contribution in [2.75, 3.05) is 38.3 Å². The number of rotatable bonds is 18. The van der Waals surface area contributed by atoms with Gasteiger partial charge in [0.05, 0.1) is 43.7 Å². The monoisotopic (exact) mass is 986 g/mol. The van der Waals surface area contributed by atoms with Crippen LogP contribution in [-0.2, 0) is 32.5 Å². The van der Waals surface area contributed by atoms with E-state index in [2.05, 4.69) is 84.0 Å². The van der Waals surface area contributed by atoms with Crippen LogP contribution in [0.25, 0.3) is 0 Å². The highest BCUT2D eigenvalue weighted by atomic mass is 31.2. The second kappa shape index (κ2) is 20.1. The molecule has 0 amide bonds. The van der Waals surface area contributed by atoms with Crippen molar-refractivity contribution in [1.82, 2.24) is 0 Å². The minimum absolute atomic E-state index is 0.0145. The van der Waals surface area contributed by atoms with E-state index < -0.39 is 37.0 Å². The summed E-state index contributed by atoms with van der Waals surface area (Å²) in [4.78, 5) is 26.4. The summed E-state index contributed by atoms with van der Waals surface area (Å²) in [5, 5.41) is 33.7. The fourth-order valence-electron chi connectivity index (χ4n) is 17.1. The fourth-order valence-corrected chi connectivity index (χ4v) is 18.4. The second-order valence-corrected chi connectivity index (χ2v) is 25.9. The zero-order valence-electron chi connectivity index (χ0n) is 43.1. The minimum atomic E-state index is -4.03. The molecule has 11 nitrogen and oxygen atoms in total. The Bertz CT molecular complexity index is 2240. The molecule has 2 unspecified atom stereocenters. The molecule has 8 aliphatic carbocycles. The molecular weight excluding hydrogens is 902 g/mol. The van der Waals surface area contributed by atoms with Crippen molar-refractivity contribution in [3.8, 4) is 0 Å². The zero-order chi connectivity index (χ0) is 50.0. The third-order valence-electron chi connectivity index (χ3n) is 21.1. The van der Waals surface area contributed by atoms with Gasteiger partial charge in [-0.25, -0.2) is 4.57 Å². The number of fused-ring (bicyclic) bond motifs is 9. The van der Waals surface area contributed by atoms with Crippen molar-refractivity contribution < 1.29 is 47.8 Å². The summed E-state index contributed by atoms with van der Waals surface area (Å²) in [6, 6.07) is 9.10. The lowest BCUT2D eigenvalue weighted by atomic mass is 9.43. The molecule has 16 atom stereocenters. The van der Waals surface area contributed by atoms with Crippen molar-refractivity contribution in [2.24, 2.45) is 63.6 Å². The van der Waals surface area contributed by atoms with E-state index in [1.54, 1.807) is 17.7 Å². The number of allylic oxidation sites excluding steroid dienone is 4. The van der Waals surface area contributed by atoms with Gasteiger partial charge in [-0.3, -0.25) is 23.2 Å². The van der Waals surface area contributed by atoms with E-state index in [0.29, 0.717) is 44.1 Å². The molecular formula is C58H84NO10P. The number of phosphoric acid groups is 1. The van der Waals surface area contributed by atoms with Gasteiger partial charge in [0, 0.05) is 43.5 Å². The highest BCUT2D eigenvalue weighted by Gasteiger charge is 2.67. The normalized spacial score (nSPS) is 40.4. The smallest absolute Gasteiger partial charge is 0.475 e. The SMILES string of the molecule is C=CCOP(=O)(OCC=C)O[C@@H]1C[C@@H]2C[C@@H](OCCN(C)c3ccc([C@H]4C[C@@]5(C)C(CC[C@]5(C)O)C5CCC6=CC(=O)CCC6=C54)cc3)CC[C@]2(C)[C@H]2C[C@H](O)[C@]3(C)[C@@H]([C@H](C)CCC(=O)O)CC[C@H]3[C@H]12. The van der Waals surface area contributed by atoms with Crippen LogP contribution < -0.4 is 4.90 Å². The Kier molecular flexibility index (Phi) is 14.9. The van der Waals surface area contributed by atoms with E-state index in [1.165, 1.54) is 16.7 Å². The van der Waals surface area contributed by atoms with Crippen molar-refractivity contribution in [3.05, 3.63) is 77.9 Å². The summed E-state index contributed by atoms with van der Waals surface area (Å²) in [7, 11) is -1.90. The first-order chi connectivity index (χ1) is 33.3. The van der Waals surface area contributed by atoms with Crippen LogP contribution in [0.5, 0.6) is 0 Å². The molecule has 6 saturated carbocycles. The molecule has 6 fully saturated rings. The summed E-state index contributed by atoms with van der Waals surface area (Å²) < 4.78 is 39.6. The molecule has 0 heterocycles. The molecule has 386 valence electrons. The number of hydrogen-bond donors (Lipinski definition) is 3. The van der Waals surface area contributed by atoms with Gasteiger partial charge in [0.2, 0.25) is 0 Å². The summed E-state index contributed by atoms with van der Waals surface area (Å²) in [5.74, 6) is 1.31. The Hall–Kier alpha value is -2.89. The highest BCUT2D eigenvalue weighted by Crippen LogP contribution is 2.71. The van der Waals surface area contributed by atoms with Gasteiger partial charge in [-0.15, -0.1) is 13.2 Å². The number of phosphoric ester groups is 1. The van der Waals surface area contributed by atoms with E-state index in [1.807, 2.05) is 6.08 Å². The molecule has 0 radical (unpaired) electrons. The van der Waals surface area contributed by atoms with Crippen molar-refractivity contribution in [2.45, 2.75) is 167 Å². The topological polar surface area (TPSA) is 152 Å². The number of benzene rings is 1. The van der Waals surface area contributed by atoms with Gasteiger partial charge in [0.25, 0.3) is 0 Å². The van der Waals surface area contributed by atoms with Gasteiger partial charge in [-0.2, -0.15) is 0 Å². The first-order valence-electron chi connectivity index (χ1n) is 27.1. The van der Waals surface area contributed by atoms with Crippen molar-refractivity contribution in [1.29, 1.82) is 0 Å². The average molecular weight is 986 g/mol. The van der Waals surface area contributed by atoms with Gasteiger partial charge in [0.1, 0.15) is 0 Å². The standard InChI is InChI=1S/C58H84NO10P/c1-9-28-67-70(65,68-29-10-2)69-50-33-39-32-42(23-25-55(39,4)49-34-51(61)58(7)46(20-21-48(58)54(49)50)36(3)11-22-52(62)63)66-30-27-59(8)40-15-12-37(13-16-40)45-35-56(5)47(24-26-57(56,6)64)44-18-14-38-31-41(60)17-19-43(38)53(44)45/h9-10,12-13,15-16,31,36,39,42,44-51,54,61,64H,1-2,11,14,17-30,32-35H2,3-8H3,(H,62,63)/t36-,39+,42+,44?,45-,46-,47?,48+,49+,50-,51+,54+,55+,56+,57+,58-/m1/s1. The molecule has 0 saturated heterocycles. The molecule has 12 heteroatoms. The van der Waals surface area contributed by atoms with Crippen LogP contribution in [0.4, 0.5) is 5.69 Å². The molecule has 8 aliphatic rings. The molecule has 70 heavy (non-hydrogen) atoms. The first-order valence-corrected chi connectivity index (χ1v) is 28.5. The number of nitrogens with zero attached hydrogens (tertiary/aromatic N) is 1. The first kappa shape index (κ1) is 52.0. The number of carboxylic acid groups (broad SMARTS) is 1. The number of hydrogen-bond acceptors (Lipinski definition) is 10. The summed E-state index contributed by atoms with van der Waals surface area (Å²) >= 11 is 0. The predicted molar refractivity (Wildman–Crippen MR) is 273 cm³/mol. The van der Waals surface area contributed by atoms with Gasteiger partial charge >= 0.3 is 13.8 Å². The van der Waals surface area contributed by atoms with Crippen LogP contribution in [-0.4, -0.2) is 84.4 Å². The van der Waals surface area contributed by atoms with Crippen LogP contribution in [0.1, 0.15) is 149 Å². The number of aliphatic hydroxyl groups excluding tert-OH is 1. The zero-order valence-corrected chi connectivity index (χ0v) is 44.0. The van der Waals surface area contributed by atoms with E-state index in [-0.39, 0.29) is 83.8 Å². The lowest BCUT2D eigenvalue weighted by molar-refractivity contribution is -0.207. The molecule has 3 N–H and O–H groups in total. The molecule has 0 aliphatic heterocycles. The Morgan fingerprint density at radius 3 is 2.36 bits per heavy atom. The van der Waals surface area contributed by atoms with Gasteiger partial charge < -0.3 is 25.0 Å². The number of carbonyl (C=O) groups excluding carboxylic acids is 1. The summed E-state index contributed by atoms with van der Waals surface area (Å²) in [6.45, 7) is 20.1. The van der Waals surface area contributed by atoms with Crippen molar-refractivity contribution >= 4 is 25.3 Å². The van der Waals surface area contributed by atoms with Crippen LogP contribution in [0.3, 0.4) is 0 Å². The van der Waals surface area contributed by atoms with E-state index in [4.69, 9.17) is 18.3 Å². The lowest BCUT2D eigenvalue weighted by Gasteiger charge is -2.64. The van der Waals surface area contributed by atoms with Crippen LogP contribution in [0.15, 0.2) is 72.4 Å². The maximum atomic E-state index is 14.4. The number of ketones is 1. The third kappa shape index (κ3) is 9.25. The fraction of sp³-hybridized carbons (Fsp3) is 0.724. The van der Waals surface area contributed by atoms with Gasteiger partial charge in [-0.1, -0.05) is 57.6 Å². The quantitative estimate of drug-likeness (QED) is 0.0952. The molecule has 0 spiro atoms. The summed E-state index contributed by atoms with van der Waals surface area (Å²) in [6.07, 6.45) is 16.9. The highest BCUT2D eigenvalue weighted by molar-refractivity contribution is 7.48. The minimum Gasteiger partial charge on any atom is -0.481 e. The largest absolute Gasteiger partial charge is 0.481 e. The number of likely N-dealkylation sites (N-methyl/N-ethyl adjacent to an activating group) is 1. The van der Waals surface area contributed by atoms with Gasteiger partial charge in [0.15, 0.2) is 5.78 Å². The maximum Gasteiger partial charge on any atom is 0.475 e. The Labute approximate surface area is 418 Å². The number of aliphatic carboxylic acids is 1. The second-order valence-electron chi connectivity index (χ2n) is 24.3. The molecule has 9 rings (SSSR count). The number of carbonyl (C=O) groups is 2.